The summed E-state index contributed by atoms with van der Waals surface area (Å²) in [6.07, 6.45) is 3.15. The van der Waals surface area contributed by atoms with Crippen LogP contribution in [0.4, 0.5) is 0 Å². The average Bonchev–Trinajstić information content (AvgIpc) is 3.22. The zero-order valence-electron chi connectivity index (χ0n) is 13.7. The van der Waals surface area contributed by atoms with Gasteiger partial charge in [-0.1, -0.05) is 23.4 Å². The monoisotopic (exact) mass is 326 g/mol. The summed E-state index contributed by atoms with van der Waals surface area (Å²) in [5.41, 5.74) is 0.796. The Morgan fingerprint density at radius 1 is 1.21 bits per heavy atom. The number of hydrogen-bond donors (Lipinski definition) is 0. The summed E-state index contributed by atoms with van der Waals surface area (Å²) in [6, 6.07) is 9.57. The normalized spacial score (nSPS) is 11.5. The van der Waals surface area contributed by atoms with Gasteiger partial charge in [0.15, 0.2) is 18.1 Å². The first-order chi connectivity index (χ1) is 11.4. The number of carbonyl (C=O) groups is 1. The SMILES string of the molecule is CC(C)(C)n1cc(C(=O)OCc2ncn(-c3ccccc3)n2)nn1. The van der Waals surface area contributed by atoms with Gasteiger partial charge in [0.25, 0.3) is 0 Å². The molecule has 2 heterocycles. The molecule has 0 spiro atoms. The first-order valence-electron chi connectivity index (χ1n) is 7.49. The van der Waals surface area contributed by atoms with Gasteiger partial charge >= 0.3 is 5.97 Å². The Kier molecular flexibility index (Phi) is 4.11. The van der Waals surface area contributed by atoms with Gasteiger partial charge in [0.1, 0.15) is 6.33 Å². The van der Waals surface area contributed by atoms with Crippen LogP contribution in [-0.4, -0.2) is 35.7 Å². The molecule has 8 nitrogen and oxygen atoms in total. The fourth-order valence-electron chi connectivity index (χ4n) is 1.96. The summed E-state index contributed by atoms with van der Waals surface area (Å²) in [4.78, 5) is 16.2. The Balaban J connectivity index is 1.63. The standard InChI is InChI=1S/C16H18N6O2/c1-16(2,3)22-9-13(18-20-22)15(23)24-10-14-17-11-21(19-14)12-7-5-4-6-8-12/h4-9,11H,10H2,1-3H3. The van der Waals surface area contributed by atoms with Gasteiger partial charge in [-0.25, -0.2) is 19.1 Å². The molecule has 0 radical (unpaired) electrons. The van der Waals surface area contributed by atoms with Gasteiger partial charge < -0.3 is 4.74 Å². The van der Waals surface area contributed by atoms with E-state index in [1.165, 1.54) is 0 Å². The number of carbonyl (C=O) groups excluding carboxylic acids is 1. The molecule has 0 fully saturated rings. The maximum absolute atomic E-state index is 12.0. The molecule has 24 heavy (non-hydrogen) atoms. The quantitative estimate of drug-likeness (QED) is 0.681. The van der Waals surface area contributed by atoms with Crippen LogP contribution >= 0.6 is 0 Å². The molecule has 0 bridgehead atoms. The summed E-state index contributed by atoms with van der Waals surface area (Å²) in [5, 5.41) is 12.1. The molecule has 8 heteroatoms. The van der Waals surface area contributed by atoms with Gasteiger partial charge in [0, 0.05) is 0 Å². The topological polar surface area (TPSA) is 87.7 Å². The first kappa shape index (κ1) is 15.9. The van der Waals surface area contributed by atoms with Crippen molar-refractivity contribution in [1.29, 1.82) is 0 Å². The number of rotatable bonds is 4. The van der Waals surface area contributed by atoms with Crippen molar-refractivity contribution in [2.75, 3.05) is 0 Å². The number of benzene rings is 1. The van der Waals surface area contributed by atoms with Crippen molar-refractivity contribution < 1.29 is 9.53 Å². The molecule has 0 unspecified atom stereocenters. The molecule has 0 saturated heterocycles. The van der Waals surface area contributed by atoms with E-state index >= 15 is 0 Å². The molecule has 0 N–H and O–H groups in total. The summed E-state index contributed by atoms with van der Waals surface area (Å²) in [7, 11) is 0. The molecule has 0 saturated carbocycles. The third-order valence-corrected chi connectivity index (χ3v) is 3.28. The highest BCUT2D eigenvalue weighted by molar-refractivity contribution is 5.86. The van der Waals surface area contributed by atoms with E-state index in [2.05, 4.69) is 20.4 Å². The molecule has 3 aromatic rings. The Morgan fingerprint density at radius 3 is 2.62 bits per heavy atom. The Hall–Kier alpha value is -3.03. The van der Waals surface area contributed by atoms with Crippen LogP contribution < -0.4 is 0 Å². The van der Waals surface area contributed by atoms with E-state index in [9.17, 15) is 4.79 Å². The lowest BCUT2D eigenvalue weighted by Gasteiger charge is -2.17. The van der Waals surface area contributed by atoms with Gasteiger partial charge in [-0.05, 0) is 32.9 Å². The number of aromatic nitrogens is 6. The van der Waals surface area contributed by atoms with Crippen molar-refractivity contribution in [1.82, 2.24) is 29.8 Å². The lowest BCUT2D eigenvalue weighted by molar-refractivity contribution is 0.0455. The minimum absolute atomic E-state index is 0.0267. The van der Waals surface area contributed by atoms with Crippen molar-refractivity contribution in [3.8, 4) is 5.69 Å². The number of nitrogens with zero attached hydrogens (tertiary/aromatic N) is 6. The number of para-hydroxylation sites is 1. The van der Waals surface area contributed by atoms with Crippen molar-refractivity contribution in [2.24, 2.45) is 0 Å². The van der Waals surface area contributed by atoms with Crippen LogP contribution in [0.2, 0.25) is 0 Å². The molecular formula is C16H18N6O2. The third kappa shape index (κ3) is 3.48. The molecule has 0 aliphatic carbocycles. The molecule has 1 aromatic carbocycles. The molecule has 0 amide bonds. The van der Waals surface area contributed by atoms with E-state index < -0.39 is 5.97 Å². The van der Waals surface area contributed by atoms with Crippen LogP contribution in [0.25, 0.3) is 5.69 Å². The largest absolute Gasteiger partial charge is 0.453 e. The molecule has 124 valence electrons. The van der Waals surface area contributed by atoms with Crippen LogP contribution in [-0.2, 0) is 16.9 Å². The maximum atomic E-state index is 12.0. The second kappa shape index (κ2) is 6.23. The highest BCUT2D eigenvalue weighted by Gasteiger charge is 2.19. The molecule has 0 aliphatic heterocycles. The Morgan fingerprint density at radius 2 is 1.96 bits per heavy atom. The van der Waals surface area contributed by atoms with E-state index in [1.54, 1.807) is 21.9 Å². The number of hydrogen-bond acceptors (Lipinski definition) is 6. The predicted molar refractivity (Wildman–Crippen MR) is 85.5 cm³/mol. The van der Waals surface area contributed by atoms with Gasteiger partial charge in [0.05, 0.1) is 17.4 Å². The molecule has 3 rings (SSSR count). The lowest BCUT2D eigenvalue weighted by Crippen LogP contribution is -2.22. The van der Waals surface area contributed by atoms with Crippen LogP contribution in [0.1, 0.15) is 37.1 Å². The summed E-state index contributed by atoms with van der Waals surface area (Å²) in [5.74, 6) is -0.142. The van der Waals surface area contributed by atoms with Gasteiger partial charge in [0.2, 0.25) is 0 Å². The van der Waals surface area contributed by atoms with Crippen LogP contribution in [0.15, 0.2) is 42.9 Å². The average molecular weight is 326 g/mol. The lowest BCUT2D eigenvalue weighted by atomic mass is 10.1. The second-order valence-electron chi connectivity index (χ2n) is 6.24. The second-order valence-corrected chi connectivity index (χ2v) is 6.24. The van der Waals surface area contributed by atoms with Crippen molar-refractivity contribution >= 4 is 5.97 Å². The number of ether oxygens (including phenoxy) is 1. The summed E-state index contributed by atoms with van der Waals surface area (Å²) < 4.78 is 8.44. The molecular weight excluding hydrogens is 308 g/mol. The smallest absolute Gasteiger partial charge is 0.360 e. The maximum Gasteiger partial charge on any atom is 0.360 e. The van der Waals surface area contributed by atoms with Crippen LogP contribution in [0.3, 0.4) is 0 Å². The molecule has 0 atom stereocenters. The van der Waals surface area contributed by atoms with Gasteiger partial charge in [-0.2, -0.15) is 0 Å². The van der Waals surface area contributed by atoms with Crippen molar-refractivity contribution in [3.63, 3.8) is 0 Å². The summed E-state index contributed by atoms with van der Waals surface area (Å²) >= 11 is 0. The highest BCUT2D eigenvalue weighted by Crippen LogP contribution is 2.12. The minimum atomic E-state index is -0.554. The molecule has 2 aromatic heterocycles. The zero-order chi connectivity index (χ0) is 17.2. The Labute approximate surface area is 139 Å². The minimum Gasteiger partial charge on any atom is -0.453 e. The fraction of sp³-hybridized carbons (Fsp3) is 0.312. The van der Waals surface area contributed by atoms with E-state index in [-0.39, 0.29) is 17.8 Å². The van der Waals surface area contributed by atoms with Crippen LogP contribution in [0, 0.1) is 0 Å². The number of esters is 1. The van der Waals surface area contributed by atoms with Crippen molar-refractivity contribution in [3.05, 3.63) is 54.4 Å². The van der Waals surface area contributed by atoms with Gasteiger partial charge in [-0.3, -0.25) is 0 Å². The Bertz CT molecular complexity index is 832. The van der Waals surface area contributed by atoms with E-state index in [4.69, 9.17) is 4.74 Å². The summed E-state index contributed by atoms with van der Waals surface area (Å²) in [6.45, 7) is 5.88. The predicted octanol–water partition coefficient (Wildman–Crippen LogP) is 1.97. The fourth-order valence-corrected chi connectivity index (χ4v) is 1.96. The molecule has 0 aliphatic rings. The van der Waals surface area contributed by atoms with Crippen molar-refractivity contribution in [2.45, 2.75) is 32.9 Å². The highest BCUT2D eigenvalue weighted by atomic mass is 16.5. The first-order valence-corrected chi connectivity index (χ1v) is 7.49. The van der Waals surface area contributed by atoms with Crippen LogP contribution in [0.5, 0.6) is 0 Å². The third-order valence-electron chi connectivity index (χ3n) is 3.28. The van der Waals surface area contributed by atoms with Gasteiger partial charge in [-0.15, -0.1) is 10.2 Å². The van der Waals surface area contributed by atoms with E-state index in [1.807, 2.05) is 51.1 Å². The zero-order valence-corrected chi connectivity index (χ0v) is 13.7. The van der Waals surface area contributed by atoms with E-state index in [0.717, 1.165) is 5.69 Å². The van der Waals surface area contributed by atoms with E-state index in [0.29, 0.717) is 5.82 Å².